The normalized spacial score (nSPS) is 20.9. The highest BCUT2D eigenvalue weighted by atomic mass is 16.6. The summed E-state index contributed by atoms with van der Waals surface area (Å²) in [6.07, 6.45) is 20.3. The second kappa shape index (κ2) is 21.7. The molecule has 0 aromatic carbocycles. The van der Waals surface area contributed by atoms with E-state index in [9.17, 15) is 19.2 Å². The number of rotatable bonds is 20. The van der Waals surface area contributed by atoms with Gasteiger partial charge in [0.1, 0.15) is 24.4 Å². The Labute approximate surface area is 258 Å². The van der Waals surface area contributed by atoms with Gasteiger partial charge in [0.2, 0.25) is 0 Å². The fraction of sp³-hybridized carbons (Fsp3) is 0.706. The summed E-state index contributed by atoms with van der Waals surface area (Å²) in [7, 11) is 0. The Morgan fingerprint density at radius 3 is 2.02 bits per heavy atom. The van der Waals surface area contributed by atoms with E-state index in [1.165, 1.54) is 20.8 Å². The average Bonchev–Trinajstić information content (AvgIpc) is 2.90. The zero-order valence-electron chi connectivity index (χ0n) is 27.1. The molecule has 9 nitrogen and oxygen atoms in total. The second-order valence-electron chi connectivity index (χ2n) is 11.6. The molecule has 1 rings (SSSR count). The zero-order chi connectivity index (χ0) is 32.1. The van der Waals surface area contributed by atoms with E-state index in [0.717, 1.165) is 57.8 Å². The van der Waals surface area contributed by atoms with Crippen LogP contribution in [0.3, 0.4) is 0 Å². The second-order valence-corrected chi connectivity index (χ2v) is 11.6. The number of ether oxygens (including phenoxy) is 5. The van der Waals surface area contributed by atoms with Crippen molar-refractivity contribution in [2.45, 2.75) is 149 Å². The van der Waals surface area contributed by atoms with Gasteiger partial charge >= 0.3 is 23.9 Å². The molecule has 244 valence electrons. The van der Waals surface area contributed by atoms with E-state index < -0.39 is 47.9 Å². The standard InChI is InChI=1S/C34H54O9/c1-7-8-9-10-11-12-13-14-15-16-17-18-19-20-21-22-32(38)43-34(5,6)24-29-23-30(40-27(3)36)33(41-28(4)37)31(42-29)25-39-26(2)35/h8-9,11-12,14-15,29-31,33H,7,10,13,16-25H2,1-6H3/b9-8-,12-11-,15-14-/t29-,30-,31-,33-/m1/s1. The van der Waals surface area contributed by atoms with E-state index in [2.05, 4.69) is 43.4 Å². The fourth-order valence-corrected chi connectivity index (χ4v) is 4.99. The summed E-state index contributed by atoms with van der Waals surface area (Å²) in [6, 6.07) is 0. The van der Waals surface area contributed by atoms with Crippen molar-refractivity contribution in [2.24, 2.45) is 0 Å². The first-order chi connectivity index (χ1) is 20.4. The van der Waals surface area contributed by atoms with Crippen molar-refractivity contribution in [1.82, 2.24) is 0 Å². The Kier molecular flexibility index (Phi) is 19.2. The summed E-state index contributed by atoms with van der Waals surface area (Å²) in [6.45, 7) is 9.36. The number of esters is 4. The molecule has 0 amide bonds. The van der Waals surface area contributed by atoms with Gasteiger partial charge in [-0.2, -0.15) is 0 Å². The van der Waals surface area contributed by atoms with Gasteiger partial charge in [0.15, 0.2) is 6.10 Å². The molecule has 43 heavy (non-hydrogen) atoms. The molecule has 9 heteroatoms. The lowest BCUT2D eigenvalue weighted by Crippen LogP contribution is -2.54. The Morgan fingerprint density at radius 2 is 1.40 bits per heavy atom. The van der Waals surface area contributed by atoms with E-state index >= 15 is 0 Å². The van der Waals surface area contributed by atoms with Gasteiger partial charge < -0.3 is 23.7 Å². The van der Waals surface area contributed by atoms with Gasteiger partial charge in [-0.3, -0.25) is 19.2 Å². The topological polar surface area (TPSA) is 114 Å². The van der Waals surface area contributed by atoms with Crippen LogP contribution in [0.2, 0.25) is 0 Å². The van der Waals surface area contributed by atoms with Crippen LogP contribution in [0.5, 0.6) is 0 Å². The predicted octanol–water partition coefficient (Wildman–Crippen LogP) is 6.87. The van der Waals surface area contributed by atoms with E-state index in [4.69, 9.17) is 23.7 Å². The molecule has 0 aliphatic carbocycles. The van der Waals surface area contributed by atoms with Gasteiger partial charge in [-0.25, -0.2) is 0 Å². The molecule has 0 aromatic heterocycles. The minimum atomic E-state index is -0.932. The molecule has 0 saturated carbocycles. The summed E-state index contributed by atoms with van der Waals surface area (Å²) in [5, 5.41) is 0. The van der Waals surface area contributed by atoms with E-state index in [1.54, 1.807) is 13.8 Å². The third kappa shape index (κ3) is 19.1. The summed E-state index contributed by atoms with van der Waals surface area (Å²) < 4.78 is 27.9. The maximum absolute atomic E-state index is 12.6. The van der Waals surface area contributed by atoms with Crippen LogP contribution in [-0.4, -0.2) is 60.5 Å². The monoisotopic (exact) mass is 606 g/mol. The van der Waals surface area contributed by atoms with Crippen molar-refractivity contribution >= 4 is 23.9 Å². The molecule has 1 fully saturated rings. The Morgan fingerprint density at radius 1 is 0.791 bits per heavy atom. The number of unbranched alkanes of at least 4 members (excludes halogenated alkanes) is 5. The lowest BCUT2D eigenvalue weighted by Gasteiger charge is -2.42. The van der Waals surface area contributed by atoms with Crippen molar-refractivity contribution in [1.29, 1.82) is 0 Å². The molecular formula is C34H54O9. The molecule has 0 unspecified atom stereocenters. The molecule has 1 aliphatic heterocycles. The minimum Gasteiger partial charge on any atom is -0.463 e. The smallest absolute Gasteiger partial charge is 0.306 e. The van der Waals surface area contributed by atoms with Crippen LogP contribution in [0.1, 0.15) is 119 Å². The van der Waals surface area contributed by atoms with Crippen LogP contribution < -0.4 is 0 Å². The van der Waals surface area contributed by atoms with Crippen LogP contribution in [0.4, 0.5) is 0 Å². The highest BCUT2D eigenvalue weighted by Gasteiger charge is 2.45. The molecule has 0 spiro atoms. The van der Waals surface area contributed by atoms with Crippen LogP contribution in [0.15, 0.2) is 36.5 Å². The van der Waals surface area contributed by atoms with E-state index in [-0.39, 0.29) is 19.0 Å². The van der Waals surface area contributed by atoms with Crippen LogP contribution in [-0.2, 0) is 42.9 Å². The Hall–Kier alpha value is -2.94. The van der Waals surface area contributed by atoms with Crippen LogP contribution in [0.25, 0.3) is 0 Å². The third-order valence-electron chi connectivity index (χ3n) is 6.81. The maximum Gasteiger partial charge on any atom is 0.306 e. The van der Waals surface area contributed by atoms with E-state index in [1.807, 2.05) is 0 Å². The molecule has 0 radical (unpaired) electrons. The van der Waals surface area contributed by atoms with Crippen molar-refractivity contribution in [3.05, 3.63) is 36.5 Å². The van der Waals surface area contributed by atoms with Gasteiger partial charge in [0.25, 0.3) is 0 Å². The van der Waals surface area contributed by atoms with Crippen LogP contribution >= 0.6 is 0 Å². The van der Waals surface area contributed by atoms with Crippen molar-refractivity contribution in [3.8, 4) is 0 Å². The summed E-state index contributed by atoms with van der Waals surface area (Å²) in [5.41, 5.74) is -0.851. The quantitative estimate of drug-likeness (QED) is 0.0633. The molecule has 0 N–H and O–H groups in total. The third-order valence-corrected chi connectivity index (χ3v) is 6.81. The molecular weight excluding hydrogens is 552 g/mol. The zero-order valence-corrected chi connectivity index (χ0v) is 27.1. The Balaban J connectivity index is 2.44. The van der Waals surface area contributed by atoms with Crippen LogP contribution in [0, 0.1) is 0 Å². The van der Waals surface area contributed by atoms with Crippen molar-refractivity contribution in [3.63, 3.8) is 0 Å². The molecule has 1 heterocycles. The number of hydrogen-bond donors (Lipinski definition) is 0. The molecule has 0 bridgehead atoms. The molecule has 1 saturated heterocycles. The number of carbonyl (C=O) groups is 4. The van der Waals surface area contributed by atoms with Crippen molar-refractivity contribution < 1.29 is 42.9 Å². The number of hydrogen-bond acceptors (Lipinski definition) is 9. The number of carbonyl (C=O) groups excluding carboxylic acids is 4. The molecule has 0 aromatic rings. The van der Waals surface area contributed by atoms with Gasteiger partial charge in [0, 0.05) is 40.0 Å². The average molecular weight is 607 g/mol. The van der Waals surface area contributed by atoms with Gasteiger partial charge in [-0.15, -0.1) is 0 Å². The SMILES string of the molecule is CC/C=C\C/C=C\C/C=C\CCCCCCCC(=O)OC(C)(C)C[C@H]1C[C@@H](OC(C)=O)[C@@H](OC(C)=O)[C@@H](COC(C)=O)O1. The van der Waals surface area contributed by atoms with Crippen molar-refractivity contribution in [2.75, 3.05) is 6.61 Å². The first-order valence-electron chi connectivity index (χ1n) is 15.7. The minimum absolute atomic E-state index is 0.174. The lowest BCUT2D eigenvalue weighted by molar-refractivity contribution is -0.221. The predicted molar refractivity (Wildman–Crippen MR) is 165 cm³/mol. The van der Waals surface area contributed by atoms with Gasteiger partial charge in [0.05, 0.1) is 6.10 Å². The molecule has 4 atom stereocenters. The van der Waals surface area contributed by atoms with E-state index in [0.29, 0.717) is 12.8 Å². The highest BCUT2D eigenvalue weighted by Crippen LogP contribution is 2.32. The summed E-state index contributed by atoms with van der Waals surface area (Å²) in [4.78, 5) is 47.5. The highest BCUT2D eigenvalue weighted by molar-refractivity contribution is 5.70. The van der Waals surface area contributed by atoms with Gasteiger partial charge in [-0.1, -0.05) is 62.6 Å². The summed E-state index contributed by atoms with van der Waals surface area (Å²) >= 11 is 0. The van der Waals surface area contributed by atoms with Gasteiger partial charge in [-0.05, 0) is 52.4 Å². The maximum atomic E-state index is 12.6. The fourth-order valence-electron chi connectivity index (χ4n) is 4.99. The molecule has 1 aliphatic rings. The Bertz CT molecular complexity index is 934. The number of allylic oxidation sites excluding steroid dienone is 6. The summed E-state index contributed by atoms with van der Waals surface area (Å²) in [5.74, 6) is -1.89. The first kappa shape index (κ1) is 38.1. The largest absolute Gasteiger partial charge is 0.463 e. The lowest BCUT2D eigenvalue weighted by atomic mass is 9.90. The first-order valence-corrected chi connectivity index (χ1v) is 15.7.